The fourth-order valence-corrected chi connectivity index (χ4v) is 3.17. The van der Waals surface area contributed by atoms with Crippen molar-refractivity contribution in [3.8, 4) is 10.6 Å². The van der Waals surface area contributed by atoms with Crippen LogP contribution in [0.1, 0.15) is 17.5 Å². The molecule has 0 aliphatic rings. The Morgan fingerprint density at radius 2 is 2.20 bits per heavy atom. The summed E-state index contributed by atoms with van der Waals surface area (Å²) in [6.07, 6.45) is 0. The predicted octanol–water partition coefficient (Wildman–Crippen LogP) is 2.79. The molecule has 0 saturated carbocycles. The van der Waals surface area contributed by atoms with Gasteiger partial charge in [-0.15, -0.1) is 10.2 Å². The second-order valence-corrected chi connectivity index (χ2v) is 5.64. The maximum absolute atomic E-state index is 11.7. The van der Waals surface area contributed by atoms with E-state index in [1.165, 1.54) is 15.9 Å². The first-order valence-corrected chi connectivity index (χ1v) is 7.46. The fourth-order valence-electron chi connectivity index (χ4n) is 1.68. The van der Waals surface area contributed by atoms with E-state index in [0.717, 1.165) is 15.0 Å². The van der Waals surface area contributed by atoms with Crippen LogP contribution in [0.15, 0.2) is 28.7 Å². The molecule has 1 aromatic carbocycles. The van der Waals surface area contributed by atoms with E-state index in [0.29, 0.717) is 4.96 Å². The van der Waals surface area contributed by atoms with Gasteiger partial charge in [-0.3, -0.25) is 0 Å². The quantitative estimate of drug-likeness (QED) is 0.678. The Balaban J connectivity index is 2.08. The number of benzene rings is 1. The molecule has 0 N–H and O–H groups in total. The number of nitrogens with zero attached hydrogens (tertiary/aromatic N) is 4. The minimum absolute atomic E-state index is 0.0939. The number of esters is 1. The molecule has 0 unspecified atom stereocenters. The van der Waals surface area contributed by atoms with Gasteiger partial charge in [0.05, 0.1) is 6.61 Å². The Labute approximate surface area is 126 Å². The van der Waals surface area contributed by atoms with E-state index in [1.54, 1.807) is 6.92 Å². The molecule has 3 aromatic rings. The maximum Gasteiger partial charge on any atom is 0.378 e. The van der Waals surface area contributed by atoms with Gasteiger partial charge in [-0.25, -0.2) is 4.79 Å². The molecule has 3 rings (SSSR count). The Kier molecular flexibility index (Phi) is 3.49. The second kappa shape index (κ2) is 5.29. The first-order valence-electron chi connectivity index (χ1n) is 5.85. The standard InChI is InChI=1S/C12H9BrN4O2S/c1-2-19-11(18)9-14-15-12-17(9)16-10(20-12)7-5-3-4-6-8(7)13/h3-6H,2H2,1H3. The van der Waals surface area contributed by atoms with Crippen molar-refractivity contribution < 1.29 is 9.53 Å². The summed E-state index contributed by atoms with van der Waals surface area (Å²) in [5.74, 6) is -0.430. The van der Waals surface area contributed by atoms with Gasteiger partial charge < -0.3 is 4.74 Å². The maximum atomic E-state index is 11.7. The van der Waals surface area contributed by atoms with Crippen LogP contribution in [-0.2, 0) is 4.74 Å². The van der Waals surface area contributed by atoms with Crippen LogP contribution in [-0.4, -0.2) is 32.4 Å². The summed E-state index contributed by atoms with van der Waals surface area (Å²) >= 11 is 4.84. The number of carbonyl (C=O) groups excluding carboxylic acids is 1. The van der Waals surface area contributed by atoms with Gasteiger partial charge in [0.2, 0.25) is 4.96 Å². The van der Waals surface area contributed by atoms with E-state index in [2.05, 4.69) is 31.2 Å². The highest BCUT2D eigenvalue weighted by atomic mass is 79.9. The van der Waals surface area contributed by atoms with Crippen LogP contribution in [0.25, 0.3) is 15.5 Å². The molecule has 6 nitrogen and oxygen atoms in total. The van der Waals surface area contributed by atoms with Crippen molar-refractivity contribution in [2.24, 2.45) is 0 Å². The third-order valence-electron chi connectivity index (χ3n) is 2.55. The van der Waals surface area contributed by atoms with Gasteiger partial charge in [-0.1, -0.05) is 45.5 Å². The van der Waals surface area contributed by atoms with Crippen molar-refractivity contribution >= 4 is 38.2 Å². The lowest BCUT2D eigenvalue weighted by atomic mass is 10.2. The number of ether oxygens (including phenoxy) is 1. The normalized spacial score (nSPS) is 10.9. The van der Waals surface area contributed by atoms with E-state index in [4.69, 9.17) is 4.74 Å². The Morgan fingerprint density at radius 1 is 1.40 bits per heavy atom. The molecule has 2 heterocycles. The van der Waals surface area contributed by atoms with Crippen LogP contribution in [0.4, 0.5) is 0 Å². The molecule has 0 radical (unpaired) electrons. The topological polar surface area (TPSA) is 69.4 Å². The summed E-state index contributed by atoms with van der Waals surface area (Å²) in [6.45, 7) is 2.03. The summed E-state index contributed by atoms with van der Waals surface area (Å²) in [4.78, 5) is 12.3. The van der Waals surface area contributed by atoms with Gasteiger partial charge in [-0.2, -0.15) is 9.61 Å². The third kappa shape index (κ3) is 2.20. The molecule has 0 saturated heterocycles. The highest BCUT2D eigenvalue weighted by Crippen LogP contribution is 2.31. The van der Waals surface area contributed by atoms with Crippen molar-refractivity contribution in [1.29, 1.82) is 0 Å². The summed E-state index contributed by atoms with van der Waals surface area (Å²) in [5, 5.41) is 12.9. The van der Waals surface area contributed by atoms with Crippen molar-refractivity contribution in [1.82, 2.24) is 19.8 Å². The molecule has 0 amide bonds. The molecule has 20 heavy (non-hydrogen) atoms. The zero-order valence-corrected chi connectivity index (χ0v) is 12.8. The number of hydrogen-bond acceptors (Lipinski definition) is 6. The van der Waals surface area contributed by atoms with Crippen LogP contribution >= 0.6 is 27.3 Å². The molecule has 2 aromatic heterocycles. The minimum atomic E-state index is -0.524. The second-order valence-electron chi connectivity index (χ2n) is 3.83. The van der Waals surface area contributed by atoms with Gasteiger partial charge in [0, 0.05) is 10.0 Å². The van der Waals surface area contributed by atoms with E-state index >= 15 is 0 Å². The molecule has 0 aliphatic carbocycles. The first-order chi connectivity index (χ1) is 9.70. The largest absolute Gasteiger partial charge is 0.460 e. The molecule has 0 bridgehead atoms. The first kappa shape index (κ1) is 13.2. The van der Waals surface area contributed by atoms with Crippen LogP contribution in [0.3, 0.4) is 0 Å². The molecule has 0 atom stereocenters. The lowest BCUT2D eigenvalue weighted by Crippen LogP contribution is -2.10. The Hall–Kier alpha value is -1.80. The summed E-state index contributed by atoms with van der Waals surface area (Å²) in [7, 11) is 0. The van der Waals surface area contributed by atoms with Gasteiger partial charge in [0.1, 0.15) is 5.01 Å². The monoisotopic (exact) mass is 352 g/mol. The molecule has 8 heteroatoms. The molecule has 0 aliphatic heterocycles. The zero-order chi connectivity index (χ0) is 14.1. The van der Waals surface area contributed by atoms with E-state index in [1.807, 2.05) is 24.3 Å². The Bertz CT molecular complexity index is 783. The molecule has 102 valence electrons. The van der Waals surface area contributed by atoms with E-state index < -0.39 is 5.97 Å². The van der Waals surface area contributed by atoms with Crippen molar-refractivity contribution in [3.05, 3.63) is 34.6 Å². The number of carbonyl (C=O) groups is 1. The number of halogens is 1. The molecular weight excluding hydrogens is 344 g/mol. The average molecular weight is 353 g/mol. The van der Waals surface area contributed by atoms with Gasteiger partial charge in [-0.05, 0) is 13.0 Å². The molecule has 0 fully saturated rings. The lowest BCUT2D eigenvalue weighted by Gasteiger charge is -1.98. The Morgan fingerprint density at radius 3 is 2.95 bits per heavy atom. The number of fused-ring (bicyclic) bond motifs is 1. The zero-order valence-electron chi connectivity index (χ0n) is 10.4. The summed E-state index contributed by atoms with van der Waals surface area (Å²) < 4.78 is 7.27. The number of aromatic nitrogens is 4. The predicted molar refractivity (Wildman–Crippen MR) is 77.8 cm³/mol. The number of rotatable bonds is 3. The van der Waals surface area contributed by atoms with E-state index in [9.17, 15) is 4.79 Å². The fraction of sp³-hybridized carbons (Fsp3) is 0.167. The third-order valence-corrected chi connectivity index (χ3v) is 4.18. The average Bonchev–Trinajstić information content (AvgIpc) is 2.99. The van der Waals surface area contributed by atoms with Crippen LogP contribution in [0.5, 0.6) is 0 Å². The highest BCUT2D eigenvalue weighted by molar-refractivity contribution is 9.10. The van der Waals surface area contributed by atoms with Crippen LogP contribution < -0.4 is 0 Å². The summed E-state index contributed by atoms with van der Waals surface area (Å²) in [5.41, 5.74) is 0.942. The molecular formula is C12H9BrN4O2S. The summed E-state index contributed by atoms with van der Waals surface area (Å²) in [6, 6.07) is 7.73. The van der Waals surface area contributed by atoms with Crippen molar-refractivity contribution in [2.45, 2.75) is 6.92 Å². The molecule has 0 spiro atoms. The van der Waals surface area contributed by atoms with Crippen LogP contribution in [0.2, 0.25) is 0 Å². The number of hydrogen-bond donors (Lipinski definition) is 0. The van der Waals surface area contributed by atoms with Gasteiger partial charge in [0.25, 0.3) is 5.82 Å². The SMILES string of the molecule is CCOC(=O)c1nnc2sc(-c3ccccc3Br)nn12. The highest BCUT2D eigenvalue weighted by Gasteiger charge is 2.20. The van der Waals surface area contributed by atoms with E-state index in [-0.39, 0.29) is 12.4 Å². The smallest absolute Gasteiger partial charge is 0.378 e. The van der Waals surface area contributed by atoms with Crippen LogP contribution in [0, 0.1) is 0 Å². The van der Waals surface area contributed by atoms with Crippen molar-refractivity contribution in [2.75, 3.05) is 6.61 Å². The van der Waals surface area contributed by atoms with Gasteiger partial charge in [0.15, 0.2) is 0 Å². The van der Waals surface area contributed by atoms with Crippen molar-refractivity contribution in [3.63, 3.8) is 0 Å². The minimum Gasteiger partial charge on any atom is -0.460 e. The lowest BCUT2D eigenvalue weighted by molar-refractivity contribution is 0.0509. The van der Waals surface area contributed by atoms with Gasteiger partial charge >= 0.3 is 5.97 Å².